The molecule has 2 fully saturated rings. The number of halogens is 1. The average Bonchev–Trinajstić information content (AvgIpc) is 3.01. The first-order valence-electron chi connectivity index (χ1n) is 7.06. The van der Waals surface area contributed by atoms with Crippen LogP contribution in [0.4, 0.5) is 0 Å². The van der Waals surface area contributed by atoms with Crippen molar-refractivity contribution >= 4 is 17.5 Å². The molecule has 1 amide bonds. The van der Waals surface area contributed by atoms with E-state index in [2.05, 4.69) is 17.2 Å². The molecule has 4 atom stereocenters. The Bertz CT molecular complexity index is 491. The molecule has 2 aliphatic rings. The number of nitrogens with one attached hydrogen (secondary N) is 1. The number of amides is 1. The van der Waals surface area contributed by atoms with E-state index in [-0.39, 0.29) is 17.1 Å². The molecule has 19 heavy (non-hydrogen) atoms. The molecule has 1 aromatic heterocycles. The van der Waals surface area contributed by atoms with Gasteiger partial charge in [-0.05, 0) is 56.1 Å². The summed E-state index contributed by atoms with van der Waals surface area (Å²) in [6.45, 7) is 2.12. The molecule has 0 saturated heterocycles. The van der Waals surface area contributed by atoms with E-state index in [9.17, 15) is 4.79 Å². The van der Waals surface area contributed by atoms with Crippen molar-refractivity contribution in [2.24, 2.45) is 17.8 Å². The monoisotopic (exact) mass is 278 g/mol. The van der Waals surface area contributed by atoms with Crippen LogP contribution in [0.3, 0.4) is 0 Å². The molecule has 1 heterocycles. The first kappa shape index (κ1) is 12.9. The Morgan fingerprint density at radius 1 is 1.47 bits per heavy atom. The zero-order valence-electron chi connectivity index (χ0n) is 11.1. The van der Waals surface area contributed by atoms with Crippen molar-refractivity contribution in [3.8, 4) is 0 Å². The highest BCUT2D eigenvalue weighted by Crippen LogP contribution is 2.49. The molecule has 102 valence electrons. The number of fused-ring (bicyclic) bond motifs is 2. The first-order chi connectivity index (χ1) is 9.15. The summed E-state index contributed by atoms with van der Waals surface area (Å²) >= 11 is 5.95. The van der Waals surface area contributed by atoms with Crippen LogP contribution >= 0.6 is 11.6 Å². The highest BCUT2D eigenvalue weighted by Gasteiger charge is 2.42. The van der Waals surface area contributed by atoms with Crippen LogP contribution in [0.1, 0.15) is 43.0 Å². The molecule has 0 aliphatic heterocycles. The molecule has 2 bridgehead atoms. The summed E-state index contributed by atoms with van der Waals surface area (Å²) < 4.78 is 0. The van der Waals surface area contributed by atoms with Gasteiger partial charge in [0.1, 0.15) is 5.15 Å². The van der Waals surface area contributed by atoms with Gasteiger partial charge in [0, 0.05) is 12.2 Å². The second-order valence-electron chi connectivity index (χ2n) is 5.94. The van der Waals surface area contributed by atoms with E-state index in [1.165, 1.54) is 25.7 Å². The van der Waals surface area contributed by atoms with Crippen LogP contribution in [0.15, 0.2) is 18.3 Å². The molecule has 3 nitrogen and oxygen atoms in total. The van der Waals surface area contributed by atoms with Gasteiger partial charge in [0.2, 0.25) is 0 Å². The molecule has 0 aromatic carbocycles. The van der Waals surface area contributed by atoms with Crippen molar-refractivity contribution in [3.63, 3.8) is 0 Å². The quantitative estimate of drug-likeness (QED) is 0.862. The molecular formula is C15H19ClN2O. The van der Waals surface area contributed by atoms with Crippen LogP contribution in [-0.4, -0.2) is 16.9 Å². The van der Waals surface area contributed by atoms with E-state index in [1.54, 1.807) is 18.3 Å². The van der Waals surface area contributed by atoms with Crippen molar-refractivity contribution < 1.29 is 4.79 Å². The Balaban J connectivity index is 1.65. The lowest BCUT2D eigenvalue weighted by molar-refractivity contribution is 0.0915. The van der Waals surface area contributed by atoms with E-state index in [4.69, 9.17) is 11.6 Å². The molecule has 2 aliphatic carbocycles. The van der Waals surface area contributed by atoms with E-state index in [0.29, 0.717) is 11.5 Å². The number of carbonyl (C=O) groups is 1. The van der Waals surface area contributed by atoms with Gasteiger partial charge in [0.15, 0.2) is 0 Å². The Hall–Kier alpha value is -1.09. The standard InChI is InChI=1S/C15H19ClN2O/c1-9(13-8-10-4-5-11(13)7-10)18-15(19)12-3-2-6-17-14(12)16/h2-3,6,9-11,13H,4-5,7-8H2,1H3,(H,18,19)/t9-,10-,11-,13-/m0/s1. The predicted molar refractivity (Wildman–Crippen MR) is 75.1 cm³/mol. The van der Waals surface area contributed by atoms with Gasteiger partial charge in [-0.15, -0.1) is 0 Å². The summed E-state index contributed by atoms with van der Waals surface area (Å²) in [7, 11) is 0. The number of carbonyl (C=O) groups excluding carboxylic acids is 1. The minimum atomic E-state index is -0.103. The van der Waals surface area contributed by atoms with E-state index in [0.717, 1.165) is 11.8 Å². The van der Waals surface area contributed by atoms with Gasteiger partial charge in [-0.3, -0.25) is 4.79 Å². The average molecular weight is 279 g/mol. The normalized spacial score (nSPS) is 30.3. The highest BCUT2D eigenvalue weighted by molar-refractivity contribution is 6.32. The summed E-state index contributed by atoms with van der Waals surface area (Å²) in [5.74, 6) is 2.24. The van der Waals surface area contributed by atoms with Crippen molar-refractivity contribution in [1.82, 2.24) is 10.3 Å². The number of pyridine rings is 1. The van der Waals surface area contributed by atoms with Crippen LogP contribution in [0, 0.1) is 17.8 Å². The Morgan fingerprint density at radius 3 is 2.95 bits per heavy atom. The summed E-state index contributed by atoms with van der Waals surface area (Å²) in [6, 6.07) is 3.68. The second-order valence-corrected chi connectivity index (χ2v) is 6.30. The number of rotatable bonds is 3. The molecule has 4 heteroatoms. The van der Waals surface area contributed by atoms with Gasteiger partial charge >= 0.3 is 0 Å². The van der Waals surface area contributed by atoms with Crippen LogP contribution in [0.5, 0.6) is 0 Å². The number of hydrogen-bond donors (Lipinski definition) is 1. The third-order valence-electron chi connectivity index (χ3n) is 4.80. The molecule has 0 radical (unpaired) electrons. The van der Waals surface area contributed by atoms with E-state index in [1.807, 2.05) is 0 Å². The lowest BCUT2D eigenvalue weighted by Crippen LogP contribution is -2.40. The molecule has 2 saturated carbocycles. The lowest BCUT2D eigenvalue weighted by Gasteiger charge is -2.28. The molecule has 0 spiro atoms. The number of hydrogen-bond acceptors (Lipinski definition) is 2. The molecule has 0 unspecified atom stereocenters. The third-order valence-corrected chi connectivity index (χ3v) is 5.10. The maximum absolute atomic E-state index is 12.2. The van der Waals surface area contributed by atoms with Crippen LogP contribution in [-0.2, 0) is 0 Å². The van der Waals surface area contributed by atoms with Gasteiger partial charge in [0.25, 0.3) is 5.91 Å². The smallest absolute Gasteiger partial charge is 0.254 e. The van der Waals surface area contributed by atoms with Gasteiger partial charge in [-0.25, -0.2) is 4.98 Å². The summed E-state index contributed by atoms with van der Waals surface area (Å²) in [4.78, 5) is 16.2. The largest absolute Gasteiger partial charge is 0.349 e. The fourth-order valence-electron chi connectivity index (χ4n) is 3.85. The van der Waals surface area contributed by atoms with Gasteiger partial charge in [0.05, 0.1) is 5.56 Å². The van der Waals surface area contributed by atoms with Crippen molar-refractivity contribution in [2.75, 3.05) is 0 Å². The minimum Gasteiger partial charge on any atom is -0.349 e. The second kappa shape index (κ2) is 5.12. The van der Waals surface area contributed by atoms with E-state index < -0.39 is 0 Å². The maximum atomic E-state index is 12.2. The molecular weight excluding hydrogens is 260 g/mol. The summed E-state index contributed by atoms with van der Waals surface area (Å²) in [5.41, 5.74) is 0.471. The van der Waals surface area contributed by atoms with Crippen LogP contribution in [0.25, 0.3) is 0 Å². The predicted octanol–water partition coefficient (Wildman–Crippen LogP) is 3.29. The van der Waals surface area contributed by atoms with Gasteiger partial charge in [-0.2, -0.15) is 0 Å². The fourth-order valence-corrected chi connectivity index (χ4v) is 4.06. The molecule has 1 N–H and O–H groups in total. The highest BCUT2D eigenvalue weighted by atomic mass is 35.5. The Kier molecular flexibility index (Phi) is 3.48. The number of nitrogens with zero attached hydrogens (tertiary/aromatic N) is 1. The number of aromatic nitrogens is 1. The minimum absolute atomic E-state index is 0.103. The summed E-state index contributed by atoms with van der Waals surface area (Å²) in [6.07, 6.45) is 6.95. The maximum Gasteiger partial charge on any atom is 0.254 e. The lowest BCUT2D eigenvalue weighted by atomic mass is 9.84. The van der Waals surface area contributed by atoms with Crippen molar-refractivity contribution in [2.45, 2.75) is 38.6 Å². The summed E-state index contributed by atoms with van der Waals surface area (Å²) in [5, 5.41) is 3.38. The van der Waals surface area contributed by atoms with Crippen LogP contribution < -0.4 is 5.32 Å². The van der Waals surface area contributed by atoms with E-state index >= 15 is 0 Å². The zero-order valence-corrected chi connectivity index (χ0v) is 11.9. The third kappa shape index (κ3) is 2.48. The topological polar surface area (TPSA) is 42.0 Å². The Morgan fingerprint density at radius 2 is 2.32 bits per heavy atom. The zero-order chi connectivity index (χ0) is 13.4. The van der Waals surface area contributed by atoms with Crippen molar-refractivity contribution in [1.29, 1.82) is 0 Å². The van der Waals surface area contributed by atoms with Gasteiger partial charge < -0.3 is 5.32 Å². The molecule has 1 aromatic rings. The Labute approximate surface area is 118 Å². The van der Waals surface area contributed by atoms with Crippen molar-refractivity contribution in [3.05, 3.63) is 29.0 Å². The van der Waals surface area contributed by atoms with Crippen LogP contribution in [0.2, 0.25) is 5.15 Å². The van der Waals surface area contributed by atoms with Gasteiger partial charge in [-0.1, -0.05) is 18.0 Å². The first-order valence-corrected chi connectivity index (χ1v) is 7.44. The SMILES string of the molecule is C[C@H](NC(=O)c1cccnc1Cl)[C@@H]1C[C@H]2CC[C@H]1C2. The fraction of sp³-hybridized carbons (Fsp3) is 0.600. The molecule has 3 rings (SSSR count).